The zero-order chi connectivity index (χ0) is 33.1. The van der Waals surface area contributed by atoms with Gasteiger partial charge in [-0.15, -0.1) is 0 Å². The SMILES string of the molecule is CCCCCCCC/C=C/CCCC(O)C(O)C(CO)NC(=O)CCCCCCCCC/C=C\CCCCCCCCCCC. The molecule has 0 saturated carbocycles. The van der Waals surface area contributed by atoms with Crippen LogP contribution in [0.1, 0.15) is 200 Å². The predicted molar refractivity (Wildman–Crippen MR) is 195 cm³/mol. The third kappa shape index (κ3) is 31.2. The molecule has 0 aliphatic carbocycles. The number of aliphatic hydroxyl groups is 3. The molecule has 0 rings (SSSR count). The zero-order valence-electron chi connectivity index (χ0n) is 30.0. The lowest BCUT2D eigenvalue weighted by Crippen LogP contribution is -2.50. The number of hydrogen-bond donors (Lipinski definition) is 4. The van der Waals surface area contributed by atoms with Crippen LogP contribution in [0.5, 0.6) is 0 Å². The Balaban J connectivity index is 3.67. The second-order valence-electron chi connectivity index (χ2n) is 13.5. The molecule has 0 fully saturated rings. The van der Waals surface area contributed by atoms with Crippen molar-refractivity contribution in [2.24, 2.45) is 0 Å². The number of carbonyl (C=O) groups is 1. The Bertz CT molecular complexity index is 665. The molecule has 0 spiro atoms. The van der Waals surface area contributed by atoms with Crippen molar-refractivity contribution in [2.75, 3.05) is 6.61 Å². The summed E-state index contributed by atoms with van der Waals surface area (Å²) in [6.45, 7) is 4.14. The van der Waals surface area contributed by atoms with Crippen molar-refractivity contribution in [1.82, 2.24) is 5.32 Å². The highest BCUT2D eigenvalue weighted by atomic mass is 16.3. The Labute approximate surface area is 280 Å². The maximum atomic E-state index is 12.4. The number of unbranched alkanes of at least 4 members (excludes halogenated alkanes) is 23. The number of aliphatic hydroxyl groups excluding tert-OH is 3. The standard InChI is InChI=1S/C40H77NO4/c1-3-5-7-9-11-13-15-16-17-18-19-20-21-22-23-25-27-29-31-33-35-39(44)41-37(36-42)40(45)38(43)34-32-30-28-26-24-14-12-10-8-6-4-2/h19-20,26,28,37-38,40,42-43,45H,3-18,21-25,27,29-36H2,1-2H3,(H,41,44)/b20-19-,28-26+. The molecule has 4 N–H and O–H groups in total. The molecular formula is C40H77NO4. The van der Waals surface area contributed by atoms with E-state index in [1.165, 1.54) is 135 Å². The molecule has 0 aliphatic rings. The van der Waals surface area contributed by atoms with Crippen LogP contribution >= 0.6 is 0 Å². The van der Waals surface area contributed by atoms with Crippen LogP contribution in [0.2, 0.25) is 0 Å². The second-order valence-corrected chi connectivity index (χ2v) is 13.5. The molecule has 0 saturated heterocycles. The summed E-state index contributed by atoms with van der Waals surface area (Å²) in [5.41, 5.74) is 0. The predicted octanol–water partition coefficient (Wildman–Crippen LogP) is 10.7. The van der Waals surface area contributed by atoms with Crippen LogP contribution < -0.4 is 5.32 Å². The first-order valence-corrected chi connectivity index (χ1v) is 19.6. The lowest BCUT2D eigenvalue weighted by Gasteiger charge is -2.26. The van der Waals surface area contributed by atoms with Crippen LogP contribution in [0.15, 0.2) is 24.3 Å². The summed E-state index contributed by atoms with van der Waals surface area (Å²) in [7, 11) is 0. The van der Waals surface area contributed by atoms with Crippen LogP contribution in [-0.4, -0.2) is 46.1 Å². The van der Waals surface area contributed by atoms with E-state index in [-0.39, 0.29) is 12.5 Å². The van der Waals surface area contributed by atoms with Gasteiger partial charge in [-0.1, -0.05) is 154 Å². The maximum Gasteiger partial charge on any atom is 0.220 e. The molecule has 0 aromatic heterocycles. The van der Waals surface area contributed by atoms with Gasteiger partial charge >= 0.3 is 0 Å². The molecule has 0 heterocycles. The molecule has 0 bridgehead atoms. The fraction of sp³-hybridized carbons (Fsp3) is 0.875. The van der Waals surface area contributed by atoms with Crippen LogP contribution in [0.25, 0.3) is 0 Å². The van der Waals surface area contributed by atoms with E-state index in [1.807, 2.05) is 0 Å². The van der Waals surface area contributed by atoms with E-state index < -0.39 is 18.2 Å². The Morgan fingerprint density at radius 3 is 1.29 bits per heavy atom. The number of allylic oxidation sites excluding steroid dienone is 4. The van der Waals surface area contributed by atoms with Crippen LogP contribution in [0.4, 0.5) is 0 Å². The van der Waals surface area contributed by atoms with Gasteiger partial charge in [0.1, 0.15) is 6.10 Å². The maximum absolute atomic E-state index is 12.4. The van der Waals surface area contributed by atoms with E-state index in [2.05, 4.69) is 43.5 Å². The van der Waals surface area contributed by atoms with E-state index in [9.17, 15) is 20.1 Å². The second kappa shape index (κ2) is 35.7. The highest BCUT2D eigenvalue weighted by Gasteiger charge is 2.26. The summed E-state index contributed by atoms with van der Waals surface area (Å²) in [6.07, 6.45) is 41.4. The Hall–Kier alpha value is -1.17. The van der Waals surface area contributed by atoms with Crippen molar-refractivity contribution in [3.05, 3.63) is 24.3 Å². The topological polar surface area (TPSA) is 89.8 Å². The quantitative estimate of drug-likeness (QED) is 0.0412. The number of amides is 1. The van der Waals surface area contributed by atoms with E-state index >= 15 is 0 Å². The van der Waals surface area contributed by atoms with Gasteiger partial charge in [0, 0.05) is 6.42 Å². The third-order valence-corrected chi connectivity index (χ3v) is 9.03. The highest BCUT2D eigenvalue weighted by molar-refractivity contribution is 5.76. The molecule has 0 aliphatic heterocycles. The summed E-state index contributed by atoms with van der Waals surface area (Å²) in [6, 6.07) is -0.824. The number of rotatable bonds is 35. The third-order valence-electron chi connectivity index (χ3n) is 9.03. The van der Waals surface area contributed by atoms with Gasteiger partial charge in [0.25, 0.3) is 0 Å². The minimum absolute atomic E-state index is 0.160. The van der Waals surface area contributed by atoms with Gasteiger partial charge in [-0.25, -0.2) is 0 Å². The fourth-order valence-corrected chi connectivity index (χ4v) is 5.92. The summed E-state index contributed by atoms with van der Waals surface area (Å²) >= 11 is 0. The molecule has 1 amide bonds. The van der Waals surface area contributed by atoms with Crippen molar-refractivity contribution in [3.8, 4) is 0 Å². The lowest BCUT2D eigenvalue weighted by molar-refractivity contribution is -0.124. The molecule has 45 heavy (non-hydrogen) atoms. The van der Waals surface area contributed by atoms with Crippen LogP contribution in [0.3, 0.4) is 0 Å². The molecule has 5 nitrogen and oxygen atoms in total. The van der Waals surface area contributed by atoms with Gasteiger partial charge in [0.15, 0.2) is 0 Å². The summed E-state index contributed by atoms with van der Waals surface area (Å²) < 4.78 is 0. The van der Waals surface area contributed by atoms with Gasteiger partial charge in [-0.2, -0.15) is 0 Å². The van der Waals surface area contributed by atoms with E-state index in [1.54, 1.807) is 0 Å². The first-order valence-electron chi connectivity index (χ1n) is 19.6. The lowest BCUT2D eigenvalue weighted by atomic mass is 10.0. The molecule has 3 unspecified atom stereocenters. The van der Waals surface area contributed by atoms with Gasteiger partial charge in [0.05, 0.1) is 18.8 Å². The monoisotopic (exact) mass is 636 g/mol. The largest absolute Gasteiger partial charge is 0.394 e. The summed E-state index contributed by atoms with van der Waals surface area (Å²) in [4.78, 5) is 12.4. The number of nitrogens with one attached hydrogen (secondary N) is 1. The number of hydrogen-bond acceptors (Lipinski definition) is 4. The van der Waals surface area contributed by atoms with Crippen molar-refractivity contribution >= 4 is 5.91 Å². The molecule has 0 aromatic rings. The molecular weight excluding hydrogens is 558 g/mol. The van der Waals surface area contributed by atoms with E-state index in [0.717, 1.165) is 38.5 Å². The Morgan fingerprint density at radius 2 is 0.889 bits per heavy atom. The average molecular weight is 636 g/mol. The van der Waals surface area contributed by atoms with Gasteiger partial charge in [-0.3, -0.25) is 4.79 Å². The van der Waals surface area contributed by atoms with E-state index in [4.69, 9.17) is 0 Å². The molecule has 3 atom stereocenters. The Kier molecular flexibility index (Phi) is 34.8. The van der Waals surface area contributed by atoms with Gasteiger partial charge in [-0.05, 0) is 64.2 Å². The normalized spacial score (nSPS) is 14.0. The minimum Gasteiger partial charge on any atom is -0.394 e. The van der Waals surface area contributed by atoms with Gasteiger partial charge in [0.2, 0.25) is 5.91 Å². The number of carbonyl (C=O) groups excluding carboxylic acids is 1. The molecule has 266 valence electrons. The zero-order valence-corrected chi connectivity index (χ0v) is 30.0. The smallest absolute Gasteiger partial charge is 0.220 e. The van der Waals surface area contributed by atoms with Crippen molar-refractivity contribution < 1.29 is 20.1 Å². The van der Waals surface area contributed by atoms with Crippen molar-refractivity contribution in [2.45, 2.75) is 218 Å². The van der Waals surface area contributed by atoms with Gasteiger partial charge < -0.3 is 20.6 Å². The van der Waals surface area contributed by atoms with Crippen LogP contribution in [0, 0.1) is 0 Å². The highest BCUT2D eigenvalue weighted by Crippen LogP contribution is 2.14. The summed E-state index contributed by atoms with van der Waals surface area (Å²) in [5.74, 6) is -0.160. The van der Waals surface area contributed by atoms with E-state index in [0.29, 0.717) is 12.8 Å². The summed E-state index contributed by atoms with van der Waals surface area (Å²) in [5, 5.41) is 33.3. The first-order chi connectivity index (χ1) is 22.1. The fourth-order valence-electron chi connectivity index (χ4n) is 5.92. The van der Waals surface area contributed by atoms with Crippen molar-refractivity contribution in [1.29, 1.82) is 0 Å². The molecule has 0 aromatic carbocycles. The minimum atomic E-state index is -1.16. The van der Waals surface area contributed by atoms with Crippen LogP contribution in [-0.2, 0) is 4.79 Å². The van der Waals surface area contributed by atoms with Crippen molar-refractivity contribution in [3.63, 3.8) is 0 Å². The molecule has 5 heteroatoms. The first kappa shape index (κ1) is 43.8. The Morgan fingerprint density at radius 1 is 0.533 bits per heavy atom. The molecule has 0 radical (unpaired) electrons. The average Bonchev–Trinajstić information content (AvgIpc) is 3.04.